The predicted molar refractivity (Wildman–Crippen MR) is 70.3 cm³/mol. The standard InChI is InChI=1S/C14H19NO/c1-5-9-15(10-6-2)14-11-13(16-4)8-7-12(14)3/h5-8,11H,1-2,9-10H2,3-4H3. The molecule has 0 aliphatic heterocycles. The maximum atomic E-state index is 5.24. The molecule has 0 heterocycles. The summed E-state index contributed by atoms with van der Waals surface area (Å²) in [6.45, 7) is 11.2. The van der Waals surface area contributed by atoms with Crippen LogP contribution in [-0.4, -0.2) is 20.2 Å². The van der Waals surface area contributed by atoms with Crippen molar-refractivity contribution >= 4 is 5.69 Å². The summed E-state index contributed by atoms with van der Waals surface area (Å²) in [7, 11) is 1.68. The van der Waals surface area contributed by atoms with Crippen LogP contribution in [0, 0.1) is 6.92 Å². The van der Waals surface area contributed by atoms with Crippen molar-refractivity contribution in [2.75, 3.05) is 25.1 Å². The molecule has 16 heavy (non-hydrogen) atoms. The number of aryl methyl sites for hydroxylation is 1. The molecule has 2 nitrogen and oxygen atoms in total. The third kappa shape index (κ3) is 2.89. The number of ether oxygens (including phenoxy) is 1. The molecule has 86 valence electrons. The van der Waals surface area contributed by atoms with E-state index in [-0.39, 0.29) is 0 Å². The van der Waals surface area contributed by atoms with Crippen LogP contribution in [0.15, 0.2) is 43.5 Å². The summed E-state index contributed by atoms with van der Waals surface area (Å²) in [6, 6.07) is 6.08. The van der Waals surface area contributed by atoms with Gasteiger partial charge in [0, 0.05) is 24.8 Å². The van der Waals surface area contributed by atoms with E-state index < -0.39 is 0 Å². The first-order valence-corrected chi connectivity index (χ1v) is 5.34. The number of anilines is 1. The summed E-state index contributed by atoms with van der Waals surface area (Å²) < 4.78 is 5.24. The summed E-state index contributed by atoms with van der Waals surface area (Å²) in [5, 5.41) is 0. The van der Waals surface area contributed by atoms with Crippen molar-refractivity contribution in [2.45, 2.75) is 6.92 Å². The molecule has 0 aromatic heterocycles. The lowest BCUT2D eigenvalue weighted by atomic mass is 10.1. The number of benzene rings is 1. The Hall–Kier alpha value is -1.70. The maximum Gasteiger partial charge on any atom is 0.120 e. The Morgan fingerprint density at radius 1 is 1.25 bits per heavy atom. The molecule has 2 heteroatoms. The molecule has 0 saturated heterocycles. The van der Waals surface area contributed by atoms with Crippen molar-refractivity contribution in [3.8, 4) is 5.75 Å². The minimum Gasteiger partial charge on any atom is -0.497 e. The van der Waals surface area contributed by atoms with E-state index in [0.717, 1.165) is 18.8 Å². The van der Waals surface area contributed by atoms with Crippen LogP contribution >= 0.6 is 0 Å². The lowest BCUT2D eigenvalue weighted by Crippen LogP contribution is -2.23. The molecule has 1 rings (SSSR count). The van der Waals surface area contributed by atoms with Gasteiger partial charge >= 0.3 is 0 Å². The molecule has 0 spiro atoms. The highest BCUT2D eigenvalue weighted by atomic mass is 16.5. The predicted octanol–water partition coefficient (Wildman–Crippen LogP) is 3.18. The highest BCUT2D eigenvalue weighted by Crippen LogP contribution is 2.25. The first-order valence-electron chi connectivity index (χ1n) is 5.34. The molecule has 0 amide bonds. The number of hydrogen-bond donors (Lipinski definition) is 0. The van der Waals surface area contributed by atoms with Gasteiger partial charge in [0.05, 0.1) is 7.11 Å². The van der Waals surface area contributed by atoms with Crippen molar-refractivity contribution < 1.29 is 4.74 Å². The lowest BCUT2D eigenvalue weighted by molar-refractivity contribution is 0.414. The lowest BCUT2D eigenvalue weighted by Gasteiger charge is -2.24. The number of nitrogens with zero attached hydrogens (tertiary/aromatic N) is 1. The van der Waals surface area contributed by atoms with Crippen LogP contribution in [0.2, 0.25) is 0 Å². The summed E-state index contributed by atoms with van der Waals surface area (Å²) in [6.07, 6.45) is 3.78. The van der Waals surface area contributed by atoms with E-state index in [9.17, 15) is 0 Å². The third-order valence-electron chi connectivity index (χ3n) is 2.46. The average molecular weight is 217 g/mol. The largest absolute Gasteiger partial charge is 0.497 e. The summed E-state index contributed by atoms with van der Waals surface area (Å²) in [4.78, 5) is 2.21. The Morgan fingerprint density at radius 2 is 1.88 bits per heavy atom. The molecule has 0 bridgehead atoms. The fraction of sp³-hybridized carbons (Fsp3) is 0.286. The molecule has 0 atom stereocenters. The van der Waals surface area contributed by atoms with Gasteiger partial charge in [0.1, 0.15) is 5.75 Å². The monoisotopic (exact) mass is 217 g/mol. The Bertz CT molecular complexity index is 361. The van der Waals surface area contributed by atoms with Gasteiger partial charge in [-0.3, -0.25) is 0 Å². The molecule has 1 aromatic carbocycles. The minimum absolute atomic E-state index is 0.806. The van der Waals surface area contributed by atoms with Crippen LogP contribution in [0.5, 0.6) is 5.75 Å². The van der Waals surface area contributed by atoms with E-state index >= 15 is 0 Å². The number of methoxy groups -OCH3 is 1. The van der Waals surface area contributed by atoms with E-state index in [4.69, 9.17) is 4.74 Å². The summed E-state index contributed by atoms with van der Waals surface area (Å²) >= 11 is 0. The average Bonchev–Trinajstić information content (AvgIpc) is 2.29. The highest BCUT2D eigenvalue weighted by Gasteiger charge is 2.07. The zero-order valence-electron chi connectivity index (χ0n) is 10.1. The van der Waals surface area contributed by atoms with Gasteiger partial charge in [-0.15, -0.1) is 13.2 Å². The Labute approximate surface area is 97.8 Å². The number of rotatable bonds is 6. The van der Waals surface area contributed by atoms with Crippen molar-refractivity contribution in [3.05, 3.63) is 49.1 Å². The van der Waals surface area contributed by atoms with Crippen molar-refractivity contribution in [1.82, 2.24) is 0 Å². The van der Waals surface area contributed by atoms with Gasteiger partial charge < -0.3 is 9.64 Å². The van der Waals surface area contributed by atoms with Crippen molar-refractivity contribution in [3.63, 3.8) is 0 Å². The normalized spacial score (nSPS) is 9.62. The van der Waals surface area contributed by atoms with E-state index in [1.807, 2.05) is 24.3 Å². The fourth-order valence-corrected chi connectivity index (χ4v) is 1.64. The highest BCUT2D eigenvalue weighted by molar-refractivity contribution is 5.57. The topological polar surface area (TPSA) is 12.5 Å². The van der Waals surface area contributed by atoms with Gasteiger partial charge in [-0.25, -0.2) is 0 Å². The quantitative estimate of drug-likeness (QED) is 0.678. The van der Waals surface area contributed by atoms with E-state index in [0.29, 0.717) is 0 Å². The summed E-state index contributed by atoms with van der Waals surface area (Å²) in [5.41, 5.74) is 2.39. The second-order valence-corrected chi connectivity index (χ2v) is 3.63. The van der Waals surface area contributed by atoms with Crippen LogP contribution in [0.3, 0.4) is 0 Å². The van der Waals surface area contributed by atoms with Gasteiger partial charge in [-0.05, 0) is 18.6 Å². The van der Waals surface area contributed by atoms with Gasteiger partial charge in [-0.1, -0.05) is 18.2 Å². The van der Waals surface area contributed by atoms with Gasteiger partial charge in [0.15, 0.2) is 0 Å². The Morgan fingerprint density at radius 3 is 2.38 bits per heavy atom. The smallest absolute Gasteiger partial charge is 0.120 e. The van der Waals surface area contributed by atoms with E-state index in [2.05, 4.69) is 31.0 Å². The molecule has 0 unspecified atom stereocenters. The Kier molecular flexibility index (Phi) is 4.65. The Balaban J connectivity index is 3.05. The maximum absolute atomic E-state index is 5.24. The molecule has 1 aromatic rings. The van der Waals surface area contributed by atoms with Crippen LogP contribution in [0.1, 0.15) is 5.56 Å². The fourth-order valence-electron chi connectivity index (χ4n) is 1.64. The summed E-state index contributed by atoms with van der Waals surface area (Å²) in [5.74, 6) is 0.874. The zero-order valence-corrected chi connectivity index (χ0v) is 10.1. The van der Waals surface area contributed by atoms with E-state index in [1.54, 1.807) is 7.11 Å². The number of hydrogen-bond acceptors (Lipinski definition) is 2. The first kappa shape index (κ1) is 12.4. The van der Waals surface area contributed by atoms with Gasteiger partial charge in [-0.2, -0.15) is 0 Å². The van der Waals surface area contributed by atoms with E-state index in [1.165, 1.54) is 11.3 Å². The molecular formula is C14H19NO. The zero-order chi connectivity index (χ0) is 12.0. The van der Waals surface area contributed by atoms with Crippen LogP contribution in [0.25, 0.3) is 0 Å². The molecule has 0 radical (unpaired) electrons. The van der Waals surface area contributed by atoms with Crippen molar-refractivity contribution in [2.24, 2.45) is 0 Å². The molecular weight excluding hydrogens is 198 g/mol. The molecule has 0 fully saturated rings. The minimum atomic E-state index is 0.806. The second-order valence-electron chi connectivity index (χ2n) is 3.63. The van der Waals surface area contributed by atoms with Crippen LogP contribution in [-0.2, 0) is 0 Å². The van der Waals surface area contributed by atoms with Crippen molar-refractivity contribution in [1.29, 1.82) is 0 Å². The SMILES string of the molecule is C=CCN(CC=C)c1cc(OC)ccc1C. The second kappa shape index (κ2) is 6.01. The molecule has 0 aliphatic rings. The van der Waals surface area contributed by atoms with Gasteiger partial charge in [0.25, 0.3) is 0 Å². The van der Waals surface area contributed by atoms with Gasteiger partial charge in [0.2, 0.25) is 0 Å². The molecule has 0 aliphatic carbocycles. The first-order chi connectivity index (χ1) is 7.72. The van der Waals surface area contributed by atoms with Crippen LogP contribution in [0.4, 0.5) is 5.69 Å². The van der Waals surface area contributed by atoms with Crippen LogP contribution < -0.4 is 9.64 Å². The molecule has 0 N–H and O–H groups in total. The molecule has 0 saturated carbocycles. The third-order valence-corrected chi connectivity index (χ3v) is 2.46.